The molecule has 0 saturated heterocycles. The van der Waals surface area contributed by atoms with Crippen LogP contribution >= 0.6 is 11.6 Å². The average molecular weight is 450 g/mol. The molecular formula is C28H20ClN3O. The van der Waals surface area contributed by atoms with E-state index in [0.29, 0.717) is 10.6 Å². The highest BCUT2D eigenvalue weighted by molar-refractivity contribution is 6.30. The van der Waals surface area contributed by atoms with E-state index in [1.54, 1.807) is 12.4 Å². The van der Waals surface area contributed by atoms with Crippen molar-refractivity contribution in [2.24, 2.45) is 0 Å². The van der Waals surface area contributed by atoms with Crippen molar-refractivity contribution >= 4 is 23.2 Å². The van der Waals surface area contributed by atoms with Crippen LogP contribution < -0.4 is 5.32 Å². The number of H-pyrrole nitrogens is 1. The molecule has 0 spiro atoms. The molecule has 0 fully saturated rings. The molecule has 5 heteroatoms. The summed E-state index contributed by atoms with van der Waals surface area (Å²) >= 11 is 6.06. The van der Waals surface area contributed by atoms with Crippen LogP contribution in [-0.2, 0) is 0 Å². The molecule has 4 nitrogen and oxygen atoms in total. The van der Waals surface area contributed by atoms with Gasteiger partial charge in [-0.25, -0.2) is 0 Å². The first-order valence-corrected chi connectivity index (χ1v) is 10.9. The van der Waals surface area contributed by atoms with Crippen LogP contribution in [0.1, 0.15) is 10.4 Å². The lowest BCUT2D eigenvalue weighted by Crippen LogP contribution is -2.13. The molecule has 2 aromatic heterocycles. The van der Waals surface area contributed by atoms with Gasteiger partial charge >= 0.3 is 0 Å². The number of amides is 1. The van der Waals surface area contributed by atoms with Crippen molar-refractivity contribution in [2.45, 2.75) is 0 Å². The first-order valence-electron chi connectivity index (χ1n) is 10.5. The smallest absolute Gasteiger partial charge is 0.257 e. The zero-order chi connectivity index (χ0) is 22.6. The molecule has 0 unspecified atom stereocenters. The van der Waals surface area contributed by atoms with Gasteiger partial charge in [0.25, 0.3) is 5.91 Å². The Morgan fingerprint density at radius 2 is 1.45 bits per heavy atom. The molecule has 160 valence electrons. The number of aromatic amines is 1. The van der Waals surface area contributed by atoms with E-state index >= 15 is 0 Å². The third-order valence-corrected chi connectivity index (χ3v) is 5.70. The minimum Gasteiger partial charge on any atom is -0.354 e. The minimum atomic E-state index is -0.193. The molecule has 0 atom stereocenters. The van der Waals surface area contributed by atoms with Gasteiger partial charge in [0.05, 0.1) is 11.3 Å². The molecule has 2 N–H and O–H groups in total. The van der Waals surface area contributed by atoms with Gasteiger partial charge in [-0.15, -0.1) is 0 Å². The van der Waals surface area contributed by atoms with E-state index in [0.717, 1.165) is 39.3 Å². The Labute approximate surface area is 196 Å². The average Bonchev–Trinajstić information content (AvgIpc) is 3.32. The Kier molecular flexibility index (Phi) is 5.75. The minimum absolute atomic E-state index is 0.193. The van der Waals surface area contributed by atoms with Crippen molar-refractivity contribution < 1.29 is 4.79 Å². The van der Waals surface area contributed by atoms with Crippen molar-refractivity contribution in [3.05, 3.63) is 120 Å². The first-order chi connectivity index (χ1) is 16.2. The maximum absolute atomic E-state index is 13.5. The summed E-state index contributed by atoms with van der Waals surface area (Å²) < 4.78 is 0. The molecule has 0 aliphatic carbocycles. The molecule has 5 rings (SSSR count). The Morgan fingerprint density at radius 1 is 0.758 bits per heavy atom. The number of halogens is 1. The Balaban J connectivity index is 1.55. The predicted molar refractivity (Wildman–Crippen MR) is 134 cm³/mol. The highest BCUT2D eigenvalue weighted by Crippen LogP contribution is 2.32. The van der Waals surface area contributed by atoms with Crippen molar-refractivity contribution in [3.63, 3.8) is 0 Å². The van der Waals surface area contributed by atoms with Crippen molar-refractivity contribution in [2.75, 3.05) is 5.32 Å². The zero-order valence-corrected chi connectivity index (χ0v) is 18.4. The van der Waals surface area contributed by atoms with E-state index in [1.807, 2.05) is 97.1 Å². The second-order valence-corrected chi connectivity index (χ2v) is 8.02. The predicted octanol–water partition coefficient (Wildman–Crippen LogP) is 7.32. The number of rotatable bonds is 5. The quantitative estimate of drug-likeness (QED) is 0.295. The van der Waals surface area contributed by atoms with Crippen LogP contribution in [0.25, 0.3) is 33.6 Å². The van der Waals surface area contributed by atoms with Gasteiger partial charge < -0.3 is 10.3 Å². The molecule has 3 aromatic carbocycles. The van der Waals surface area contributed by atoms with Crippen LogP contribution in [0.5, 0.6) is 0 Å². The van der Waals surface area contributed by atoms with Crippen molar-refractivity contribution in [1.29, 1.82) is 0 Å². The summed E-state index contributed by atoms with van der Waals surface area (Å²) in [6.45, 7) is 0. The van der Waals surface area contributed by atoms with Crippen LogP contribution in [0.4, 0.5) is 5.69 Å². The summed E-state index contributed by atoms with van der Waals surface area (Å²) in [5, 5.41) is 3.78. The number of carbonyl (C=O) groups is 1. The number of anilines is 1. The van der Waals surface area contributed by atoms with Crippen LogP contribution in [-0.4, -0.2) is 15.9 Å². The fourth-order valence-electron chi connectivity index (χ4n) is 3.82. The standard InChI is InChI=1S/C28H20ClN3O/c29-22-12-10-20(11-13-22)26-18-24(27(31-26)21-14-16-30-17-15-21)28(33)32-25-9-5-4-8-23(25)19-6-2-1-3-7-19/h1-18,31H,(H,32,33). The Morgan fingerprint density at radius 3 is 2.21 bits per heavy atom. The number of hydrogen-bond donors (Lipinski definition) is 2. The van der Waals surface area contributed by atoms with Gasteiger partial charge in [-0.3, -0.25) is 9.78 Å². The molecule has 0 saturated carbocycles. The van der Waals surface area contributed by atoms with Gasteiger partial charge in [-0.05, 0) is 47.5 Å². The summed E-state index contributed by atoms with van der Waals surface area (Å²) in [6, 6.07) is 31.0. The highest BCUT2D eigenvalue weighted by atomic mass is 35.5. The summed E-state index contributed by atoms with van der Waals surface area (Å²) in [6.07, 6.45) is 3.43. The molecule has 1 amide bonds. The fourth-order valence-corrected chi connectivity index (χ4v) is 3.94. The van der Waals surface area contributed by atoms with Crippen molar-refractivity contribution in [1.82, 2.24) is 9.97 Å². The molecule has 0 radical (unpaired) electrons. The van der Waals surface area contributed by atoms with Gasteiger partial charge in [0.1, 0.15) is 0 Å². The molecule has 0 bridgehead atoms. The number of pyridine rings is 1. The molecule has 2 heterocycles. The maximum Gasteiger partial charge on any atom is 0.257 e. The van der Waals surface area contributed by atoms with Gasteiger partial charge in [0.15, 0.2) is 0 Å². The summed E-state index contributed by atoms with van der Waals surface area (Å²) in [5.74, 6) is -0.193. The number of aromatic nitrogens is 2. The molecule has 0 aliphatic rings. The maximum atomic E-state index is 13.5. The number of benzene rings is 3. The molecule has 5 aromatic rings. The largest absolute Gasteiger partial charge is 0.354 e. The fraction of sp³-hybridized carbons (Fsp3) is 0. The third-order valence-electron chi connectivity index (χ3n) is 5.45. The number of nitrogens with zero attached hydrogens (tertiary/aromatic N) is 1. The van der Waals surface area contributed by atoms with E-state index in [-0.39, 0.29) is 5.91 Å². The van der Waals surface area contributed by atoms with E-state index in [9.17, 15) is 4.79 Å². The van der Waals surface area contributed by atoms with E-state index in [4.69, 9.17) is 11.6 Å². The van der Waals surface area contributed by atoms with Crippen LogP contribution in [0.15, 0.2) is 109 Å². The second kappa shape index (κ2) is 9.15. The van der Waals surface area contributed by atoms with E-state index in [1.165, 1.54) is 0 Å². The Hall–Kier alpha value is -4.15. The van der Waals surface area contributed by atoms with Gasteiger partial charge in [0.2, 0.25) is 0 Å². The molecule has 33 heavy (non-hydrogen) atoms. The number of nitrogens with one attached hydrogen (secondary N) is 2. The lowest BCUT2D eigenvalue weighted by atomic mass is 10.0. The summed E-state index contributed by atoms with van der Waals surface area (Å²) in [4.78, 5) is 21.0. The van der Waals surface area contributed by atoms with Crippen molar-refractivity contribution in [3.8, 4) is 33.6 Å². The monoisotopic (exact) mass is 449 g/mol. The lowest BCUT2D eigenvalue weighted by molar-refractivity contribution is 0.102. The second-order valence-electron chi connectivity index (χ2n) is 7.58. The normalized spacial score (nSPS) is 10.7. The third kappa shape index (κ3) is 4.43. The van der Waals surface area contributed by atoms with E-state index < -0.39 is 0 Å². The topological polar surface area (TPSA) is 57.8 Å². The number of carbonyl (C=O) groups excluding carboxylic acids is 1. The van der Waals surface area contributed by atoms with Gasteiger partial charge in [-0.2, -0.15) is 0 Å². The number of hydrogen-bond acceptors (Lipinski definition) is 2. The summed E-state index contributed by atoms with van der Waals surface area (Å²) in [7, 11) is 0. The molecular weight excluding hydrogens is 430 g/mol. The zero-order valence-electron chi connectivity index (χ0n) is 17.6. The molecule has 0 aliphatic heterocycles. The Bertz CT molecular complexity index is 1390. The SMILES string of the molecule is O=C(Nc1ccccc1-c1ccccc1)c1cc(-c2ccc(Cl)cc2)[nH]c1-c1ccncc1. The van der Waals surface area contributed by atoms with Crippen LogP contribution in [0.3, 0.4) is 0 Å². The number of para-hydroxylation sites is 1. The van der Waals surface area contributed by atoms with Crippen LogP contribution in [0, 0.1) is 0 Å². The van der Waals surface area contributed by atoms with Crippen LogP contribution in [0.2, 0.25) is 5.02 Å². The lowest BCUT2D eigenvalue weighted by Gasteiger charge is -2.12. The van der Waals surface area contributed by atoms with Gasteiger partial charge in [-0.1, -0.05) is 72.3 Å². The first kappa shape index (κ1) is 20.7. The highest BCUT2D eigenvalue weighted by Gasteiger charge is 2.19. The summed E-state index contributed by atoms with van der Waals surface area (Å²) in [5.41, 5.74) is 6.70. The van der Waals surface area contributed by atoms with Gasteiger partial charge in [0, 0.05) is 39.9 Å². The van der Waals surface area contributed by atoms with E-state index in [2.05, 4.69) is 15.3 Å².